The van der Waals surface area contributed by atoms with Gasteiger partial charge in [0.1, 0.15) is 0 Å². The minimum Gasteiger partial charge on any atom is -0.493 e. The van der Waals surface area contributed by atoms with Crippen LogP contribution in [-0.4, -0.2) is 50.6 Å². The lowest BCUT2D eigenvalue weighted by molar-refractivity contribution is -0.131. The van der Waals surface area contributed by atoms with E-state index in [0.29, 0.717) is 11.4 Å². The molecule has 0 radical (unpaired) electrons. The maximum absolute atomic E-state index is 12.5. The summed E-state index contributed by atoms with van der Waals surface area (Å²) in [5.41, 5.74) is 2.11. The molecule has 2 aromatic rings. The van der Waals surface area contributed by atoms with Crippen LogP contribution in [0.3, 0.4) is 0 Å². The third-order valence-electron chi connectivity index (χ3n) is 3.97. The first kappa shape index (κ1) is 21.9. The number of likely N-dealkylation sites (N-methyl/N-ethyl adjacent to an activating group) is 1. The number of carbonyl (C=O) groups excluding carboxylic acids is 2. The number of ether oxygens (including phenoxy) is 2. The van der Waals surface area contributed by atoms with E-state index < -0.39 is 6.61 Å². The van der Waals surface area contributed by atoms with Crippen molar-refractivity contribution in [3.8, 4) is 11.5 Å². The summed E-state index contributed by atoms with van der Waals surface area (Å²) < 4.78 is 34.3. The van der Waals surface area contributed by atoms with Crippen molar-refractivity contribution in [2.75, 3.05) is 37.9 Å². The number of benzene rings is 2. The van der Waals surface area contributed by atoms with Crippen LogP contribution in [0, 0.1) is 6.92 Å². The molecular weight excluding hydrogens is 384 g/mol. The first-order chi connectivity index (χ1) is 13.8. The average molecular weight is 407 g/mol. The molecule has 0 aliphatic carbocycles. The van der Waals surface area contributed by atoms with Crippen LogP contribution in [-0.2, 0) is 9.59 Å². The van der Waals surface area contributed by atoms with E-state index in [2.05, 4.69) is 15.4 Å². The number of aryl methyl sites for hydroxylation is 1. The molecule has 0 bridgehead atoms. The summed E-state index contributed by atoms with van der Waals surface area (Å²) in [5.74, 6) is -0.684. The highest BCUT2D eigenvalue weighted by molar-refractivity contribution is 5.95. The minimum atomic E-state index is -3.00. The van der Waals surface area contributed by atoms with Crippen molar-refractivity contribution in [3.05, 3.63) is 48.0 Å². The molecule has 29 heavy (non-hydrogen) atoms. The first-order valence-corrected chi connectivity index (χ1v) is 8.75. The van der Waals surface area contributed by atoms with E-state index in [1.807, 2.05) is 19.1 Å². The molecule has 2 rings (SSSR count). The fraction of sp³-hybridized carbons (Fsp3) is 0.300. The number of nitrogens with zero attached hydrogens (tertiary/aromatic N) is 1. The van der Waals surface area contributed by atoms with Gasteiger partial charge in [-0.1, -0.05) is 17.7 Å². The summed E-state index contributed by atoms with van der Waals surface area (Å²) in [6, 6.07) is 11.6. The van der Waals surface area contributed by atoms with Crippen molar-refractivity contribution in [3.63, 3.8) is 0 Å². The largest absolute Gasteiger partial charge is 0.493 e. The Morgan fingerprint density at radius 1 is 1.07 bits per heavy atom. The molecule has 0 spiro atoms. The van der Waals surface area contributed by atoms with Gasteiger partial charge < -0.3 is 25.0 Å². The van der Waals surface area contributed by atoms with Crippen LogP contribution in [0.2, 0.25) is 0 Å². The van der Waals surface area contributed by atoms with E-state index in [4.69, 9.17) is 4.74 Å². The summed E-state index contributed by atoms with van der Waals surface area (Å²) in [6.45, 7) is -1.32. The minimum absolute atomic E-state index is 0.128. The van der Waals surface area contributed by atoms with Crippen molar-refractivity contribution in [2.45, 2.75) is 13.5 Å². The maximum Gasteiger partial charge on any atom is 0.387 e. The first-order valence-electron chi connectivity index (χ1n) is 8.75. The van der Waals surface area contributed by atoms with Gasteiger partial charge in [-0.25, -0.2) is 0 Å². The lowest BCUT2D eigenvalue weighted by atomic mass is 10.2. The fourth-order valence-corrected chi connectivity index (χ4v) is 2.43. The average Bonchev–Trinajstić information content (AvgIpc) is 2.67. The topological polar surface area (TPSA) is 79.9 Å². The van der Waals surface area contributed by atoms with E-state index in [-0.39, 0.29) is 36.4 Å². The van der Waals surface area contributed by atoms with E-state index >= 15 is 0 Å². The van der Waals surface area contributed by atoms with Crippen LogP contribution < -0.4 is 20.1 Å². The zero-order chi connectivity index (χ0) is 21.4. The van der Waals surface area contributed by atoms with Gasteiger partial charge in [-0.05, 0) is 31.2 Å². The van der Waals surface area contributed by atoms with Crippen LogP contribution in [0.15, 0.2) is 42.5 Å². The van der Waals surface area contributed by atoms with Crippen molar-refractivity contribution < 1.29 is 27.8 Å². The van der Waals surface area contributed by atoms with Gasteiger partial charge in [0.15, 0.2) is 11.5 Å². The quantitative estimate of drug-likeness (QED) is 0.668. The van der Waals surface area contributed by atoms with Crippen molar-refractivity contribution >= 4 is 23.2 Å². The second kappa shape index (κ2) is 10.3. The van der Waals surface area contributed by atoms with Gasteiger partial charge in [-0.3, -0.25) is 9.59 Å². The Morgan fingerprint density at radius 3 is 2.34 bits per heavy atom. The highest BCUT2D eigenvalue weighted by Crippen LogP contribution is 2.31. The molecule has 0 unspecified atom stereocenters. The maximum atomic E-state index is 12.5. The number of nitrogens with one attached hydrogen (secondary N) is 2. The number of amides is 2. The monoisotopic (exact) mass is 407 g/mol. The molecule has 0 aromatic heterocycles. The lowest BCUT2D eigenvalue weighted by Crippen LogP contribution is -2.38. The van der Waals surface area contributed by atoms with Crippen molar-refractivity contribution in [1.29, 1.82) is 0 Å². The summed E-state index contributed by atoms with van der Waals surface area (Å²) in [4.78, 5) is 25.6. The van der Waals surface area contributed by atoms with E-state index in [9.17, 15) is 18.4 Å². The molecule has 2 aromatic carbocycles. The number of halogens is 2. The third-order valence-corrected chi connectivity index (χ3v) is 3.97. The van der Waals surface area contributed by atoms with Gasteiger partial charge in [0, 0.05) is 24.5 Å². The standard InChI is InChI=1S/C20H23F2N3O4/c1-13-4-6-14(7-5-13)24-18(26)12-25(2)19(27)11-23-15-8-9-16(28-3)17(10-15)29-20(21)22/h4-10,20,23H,11-12H2,1-3H3,(H,24,26). The Labute approximate surface area is 167 Å². The number of carbonyl (C=O) groups is 2. The molecule has 0 aliphatic rings. The molecule has 0 heterocycles. The summed E-state index contributed by atoms with van der Waals surface area (Å²) in [5, 5.41) is 5.53. The summed E-state index contributed by atoms with van der Waals surface area (Å²) in [6.07, 6.45) is 0. The predicted octanol–water partition coefficient (Wildman–Crippen LogP) is 3.11. The second-order valence-corrected chi connectivity index (χ2v) is 6.26. The molecule has 0 saturated carbocycles. The Balaban J connectivity index is 1.87. The zero-order valence-corrected chi connectivity index (χ0v) is 16.4. The highest BCUT2D eigenvalue weighted by atomic mass is 19.3. The molecule has 2 N–H and O–H groups in total. The highest BCUT2D eigenvalue weighted by Gasteiger charge is 2.15. The molecule has 0 saturated heterocycles. The van der Waals surface area contributed by atoms with Crippen LogP contribution in [0.4, 0.5) is 20.2 Å². The molecule has 156 valence electrons. The van der Waals surface area contributed by atoms with Gasteiger partial charge in [0.25, 0.3) is 0 Å². The molecule has 0 atom stereocenters. The van der Waals surface area contributed by atoms with E-state index in [0.717, 1.165) is 5.56 Å². The normalized spacial score (nSPS) is 10.4. The Bertz CT molecular complexity index is 844. The smallest absolute Gasteiger partial charge is 0.387 e. The molecule has 2 amide bonds. The van der Waals surface area contributed by atoms with Gasteiger partial charge in [-0.15, -0.1) is 0 Å². The van der Waals surface area contributed by atoms with Gasteiger partial charge in [0.2, 0.25) is 11.8 Å². The molecule has 7 nitrogen and oxygen atoms in total. The van der Waals surface area contributed by atoms with Crippen LogP contribution in [0.25, 0.3) is 0 Å². The zero-order valence-electron chi connectivity index (χ0n) is 16.4. The number of hydrogen-bond donors (Lipinski definition) is 2. The number of anilines is 2. The van der Waals surface area contributed by atoms with Crippen LogP contribution in [0.1, 0.15) is 5.56 Å². The third kappa shape index (κ3) is 6.95. The van der Waals surface area contributed by atoms with Gasteiger partial charge in [0.05, 0.1) is 20.2 Å². The molecule has 0 fully saturated rings. The Hall–Kier alpha value is -3.36. The Morgan fingerprint density at radius 2 is 1.72 bits per heavy atom. The fourth-order valence-electron chi connectivity index (χ4n) is 2.43. The summed E-state index contributed by atoms with van der Waals surface area (Å²) in [7, 11) is 2.83. The summed E-state index contributed by atoms with van der Waals surface area (Å²) >= 11 is 0. The molecule has 9 heteroatoms. The van der Waals surface area contributed by atoms with Crippen LogP contribution in [0.5, 0.6) is 11.5 Å². The molecule has 0 aliphatic heterocycles. The number of hydrogen-bond acceptors (Lipinski definition) is 5. The molecular formula is C20H23F2N3O4. The van der Waals surface area contributed by atoms with Crippen molar-refractivity contribution in [2.24, 2.45) is 0 Å². The predicted molar refractivity (Wildman–Crippen MR) is 106 cm³/mol. The van der Waals surface area contributed by atoms with Gasteiger partial charge in [-0.2, -0.15) is 8.78 Å². The number of alkyl halides is 2. The number of rotatable bonds is 9. The second-order valence-electron chi connectivity index (χ2n) is 6.26. The Kier molecular flexibility index (Phi) is 7.76. The van der Waals surface area contributed by atoms with Crippen LogP contribution >= 0.6 is 0 Å². The number of methoxy groups -OCH3 is 1. The SMILES string of the molecule is COc1ccc(NCC(=O)N(C)CC(=O)Nc2ccc(C)cc2)cc1OC(F)F. The van der Waals surface area contributed by atoms with Gasteiger partial charge >= 0.3 is 6.61 Å². The van der Waals surface area contributed by atoms with E-state index in [1.165, 1.54) is 31.2 Å². The van der Waals surface area contributed by atoms with E-state index in [1.54, 1.807) is 18.2 Å². The van der Waals surface area contributed by atoms with Crippen molar-refractivity contribution in [1.82, 2.24) is 4.90 Å². The lowest BCUT2D eigenvalue weighted by Gasteiger charge is -2.18.